The van der Waals surface area contributed by atoms with E-state index in [-0.39, 0.29) is 5.91 Å². The number of hydrogen-bond donors (Lipinski definition) is 2. The minimum atomic E-state index is -0.366. The van der Waals surface area contributed by atoms with Crippen molar-refractivity contribution >= 4 is 21.8 Å². The largest absolute Gasteiger partial charge is 0.366 e. The van der Waals surface area contributed by atoms with E-state index in [1.54, 1.807) is 5.57 Å². The molecule has 2 unspecified atom stereocenters. The van der Waals surface area contributed by atoms with Crippen LogP contribution in [0.1, 0.15) is 48.0 Å². The van der Waals surface area contributed by atoms with Crippen LogP contribution in [0.2, 0.25) is 0 Å². The number of amides is 1. The van der Waals surface area contributed by atoms with Gasteiger partial charge in [0.2, 0.25) is 5.91 Å². The van der Waals surface area contributed by atoms with Crippen molar-refractivity contribution < 1.29 is 4.79 Å². The summed E-state index contributed by atoms with van der Waals surface area (Å²) < 4.78 is 1.37. The number of primary amides is 1. The number of allylic oxidation sites excluding steroid dienone is 1. The topological polar surface area (TPSA) is 55.1 Å². The molecule has 1 aromatic carbocycles. The van der Waals surface area contributed by atoms with E-state index in [0.717, 1.165) is 12.8 Å². The molecule has 0 aliphatic carbocycles. The van der Waals surface area contributed by atoms with Crippen LogP contribution in [0.5, 0.6) is 0 Å². The third-order valence-electron chi connectivity index (χ3n) is 4.58. The first-order valence-electron chi connectivity index (χ1n) is 7.63. The Kier molecular flexibility index (Phi) is 4.45. The van der Waals surface area contributed by atoms with Gasteiger partial charge in [0, 0.05) is 17.6 Å². The number of carbonyl (C=O) groups excluding carboxylic acids is 1. The molecule has 2 heterocycles. The number of piperidine rings is 1. The monoisotopic (exact) mass is 348 g/mol. The van der Waals surface area contributed by atoms with E-state index < -0.39 is 0 Å². The smallest absolute Gasteiger partial charge is 0.248 e. The molecule has 0 radical (unpaired) electrons. The van der Waals surface area contributed by atoms with E-state index in [9.17, 15) is 4.79 Å². The highest BCUT2D eigenvalue weighted by molar-refractivity contribution is 9.11. The second-order valence-corrected chi connectivity index (χ2v) is 7.07. The van der Waals surface area contributed by atoms with Gasteiger partial charge in [0.05, 0.1) is 0 Å². The first-order valence-corrected chi connectivity index (χ1v) is 8.42. The van der Waals surface area contributed by atoms with Gasteiger partial charge in [-0.15, -0.1) is 0 Å². The van der Waals surface area contributed by atoms with Gasteiger partial charge in [0.15, 0.2) is 0 Å². The number of rotatable bonds is 4. The highest BCUT2D eigenvalue weighted by atomic mass is 79.9. The van der Waals surface area contributed by atoms with Gasteiger partial charge >= 0.3 is 0 Å². The summed E-state index contributed by atoms with van der Waals surface area (Å²) in [6.45, 7) is 0. The Morgan fingerprint density at radius 1 is 1.19 bits per heavy atom. The van der Waals surface area contributed by atoms with Crippen molar-refractivity contribution in [3.63, 3.8) is 0 Å². The molecule has 3 N–H and O–H groups in total. The van der Waals surface area contributed by atoms with Gasteiger partial charge in [-0.3, -0.25) is 4.79 Å². The molecular weight excluding hydrogens is 328 g/mol. The summed E-state index contributed by atoms with van der Waals surface area (Å²) in [5, 5.41) is 3.67. The van der Waals surface area contributed by atoms with Crippen molar-refractivity contribution in [3.8, 4) is 0 Å². The fourth-order valence-electron chi connectivity index (χ4n) is 3.39. The van der Waals surface area contributed by atoms with Crippen molar-refractivity contribution in [3.05, 3.63) is 45.4 Å². The molecule has 21 heavy (non-hydrogen) atoms. The third-order valence-corrected chi connectivity index (χ3v) is 5.53. The summed E-state index contributed by atoms with van der Waals surface area (Å²) >= 11 is 3.80. The molecule has 2 bridgehead atoms. The maximum absolute atomic E-state index is 11.1. The standard InChI is InChI=1S/C17H21BrN2O/c18-16(13-9-14-6-7-15(10-13)20-14)8-3-11-1-4-12(5-2-11)17(19)21/h1-2,4-5,14-15,20H,3,6-10H2,(H2,19,21). The Bertz CT molecular complexity index is 551. The average Bonchev–Trinajstić information content (AvgIpc) is 2.83. The Morgan fingerprint density at radius 2 is 1.81 bits per heavy atom. The van der Waals surface area contributed by atoms with Crippen molar-refractivity contribution in [1.29, 1.82) is 0 Å². The maximum Gasteiger partial charge on any atom is 0.248 e. The van der Waals surface area contributed by atoms with Gasteiger partial charge < -0.3 is 11.1 Å². The molecular formula is C17H21BrN2O. The third kappa shape index (κ3) is 3.55. The van der Waals surface area contributed by atoms with Crippen LogP contribution in [0.3, 0.4) is 0 Å². The van der Waals surface area contributed by atoms with Crippen molar-refractivity contribution in [2.75, 3.05) is 0 Å². The summed E-state index contributed by atoms with van der Waals surface area (Å²) in [6.07, 6.45) is 7.05. The number of nitrogens with one attached hydrogen (secondary N) is 1. The van der Waals surface area contributed by atoms with Crippen molar-refractivity contribution in [1.82, 2.24) is 5.32 Å². The average molecular weight is 349 g/mol. The molecule has 112 valence electrons. The highest BCUT2D eigenvalue weighted by Gasteiger charge is 2.31. The molecule has 3 rings (SSSR count). The molecule has 2 fully saturated rings. The van der Waals surface area contributed by atoms with Crippen LogP contribution < -0.4 is 11.1 Å². The number of benzene rings is 1. The first kappa shape index (κ1) is 14.8. The van der Waals surface area contributed by atoms with Gasteiger partial charge in [-0.2, -0.15) is 0 Å². The molecule has 2 aliphatic rings. The Morgan fingerprint density at radius 3 is 2.38 bits per heavy atom. The normalized spacial score (nSPS) is 24.1. The summed E-state index contributed by atoms with van der Waals surface area (Å²) in [7, 11) is 0. The molecule has 4 heteroatoms. The first-order chi connectivity index (χ1) is 10.1. The predicted molar refractivity (Wildman–Crippen MR) is 88.4 cm³/mol. The lowest BCUT2D eigenvalue weighted by Gasteiger charge is -2.25. The zero-order valence-electron chi connectivity index (χ0n) is 12.1. The number of fused-ring (bicyclic) bond motifs is 2. The van der Waals surface area contributed by atoms with Gasteiger partial charge in [-0.25, -0.2) is 0 Å². The van der Waals surface area contributed by atoms with E-state index in [1.807, 2.05) is 24.3 Å². The van der Waals surface area contributed by atoms with Crippen molar-refractivity contribution in [2.24, 2.45) is 5.73 Å². The zero-order chi connectivity index (χ0) is 14.8. The molecule has 0 spiro atoms. The number of aryl methyl sites for hydroxylation is 1. The Labute approximate surface area is 134 Å². The summed E-state index contributed by atoms with van der Waals surface area (Å²) in [5.74, 6) is -0.366. The molecule has 0 saturated carbocycles. The maximum atomic E-state index is 11.1. The molecule has 2 saturated heterocycles. The quantitative estimate of drug-likeness (QED) is 0.877. The SMILES string of the molecule is NC(=O)c1ccc(CCC(Br)=C2CC3CCC(C2)N3)cc1. The molecule has 3 nitrogen and oxygen atoms in total. The van der Waals surface area contributed by atoms with E-state index in [1.165, 1.54) is 35.7 Å². The Hall–Kier alpha value is -1.13. The molecule has 2 aliphatic heterocycles. The van der Waals surface area contributed by atoms with E-state index in [4.69, 9.17) is 5.73 Å². The molecule has 1 amide bonds. The second kappa shape index (κ2) is 6.32. The molecule has 2 atom stereocenters. The lowest BCUT2D eigenvalue weighted by Crippen LogP contribution is -2.34. The van der Waals surface area contributed by atoms with Gasteiger partial charge in [0.1, 0.15) is 0 Å². The predicted octanol–water partition coefficient (Wildman–Crippen LogP) is 3.28. The van der Waals surface area contributed by atoms with Crippen LogP contribution >= 0.6 is 15.9 Å². The molecule has 1 aromatic rings. The summed E-state index contributed by atoms with van der Waals surface area (Å²) in [6, 6.07) is 9.00. The van der Waals surface area contributed by atoms with Crippen LogP contribution in [0.15, 0.2) is 34.3 Å². The highest BCUT2D eigenvalue weighted by Crippen LogP contribution is 2.35. The number of hydrogen-bond acceptors (Lipinski definition) is 2. The van der Waals surface area contributed by atoms with Crippen LogP contribution in [-0.2, 0) is 6.42 Å². The second-order valence-electron chi connectivity index (χ2n) is 6.12. The lowest BCUT2D eigenvalue weighted by atomic mass is 9.97. The van der Waals surface area contributed by atoms with Crippen LogP contribution in [0, 0.1) is 0 Å². The number of halogens is 1. The fourth-order valence-corrected chi connectivity index (χ4v) is 3.91. The van der Waals surface area contributed by atoms with E-state index >= 15 is 0 Å². The van der Waals surface area contributed by atoms with E-state index in [0.29, 0.717) is 17.6 Å². The van der Waals surface area contributed by atoms with Crippen LogP contribution in [-0.4, -0.2) is 18.0 Å². The summed E-state index contributed by atoms with van der Waals surface area (Å²) in [5.41, 5.74) is 8.67. The van der Waals surface area contributed by atoms with Crippen LogP contribution in [0.25, 0.3) is 0 Å². The molecule has 0 aromatic heterocycles. The van der Waals surface area contributed by atoms with Gasteiger partial charge in [-0.05, 0) is 60.7 Å². The number of nitrogens with two attached hydrogens (primary N) is 1. The van der Waals surface area contributed by atoms with Gasteiger partial charge in [-0.1, -0.05) is 33.6 Å². The fraction of sp³-hybridized carbons (Fsp3) is 0.471. The minimum absolute atomic E-state index is 0.366. The lowest BCUT2D eigenvalue weighted by molar-refractivity contribution is 0.100. The Balaban J connectivity index is 1.60. The van der Waals surface area contributed by atoms with Gasteiger partial charge in [0.25, 0.3) is 0 Å². The number of carbonyl (C=O) groups is 1. The van der Waals surface area contributed by atoms with E-state index in [2.05, 4.69) is 21.2 Å². The van der Waals surface area contributed by atoms with Crippen LogP contribution in [0.4, 0.5) is 0 Å². The minimum Gasteiger partial charge on any atom is -0.366 e. The zero-order valence-corrected chi connectivity index (χ0v) is 13.7. The summed E-state index contributed by atoms with van der Waals surface area (Å²) in [4.78, 5) is 11.1. The van der Waals surface area contributed by atoms with Crippen molar-refractivity contribution in [2.45, 2.75) is 50.6 Å².